The van der Waals surface area contributed by atoms with Crippen LogP contribution in [0.5, 0.6) is 11.5 Å². The number of benzene rings is 4. The molecule has 1 heterocycles. The number of sulfonamides is 2. The molecule has 0 aliphatic rings. The highest BCUT2D eigenvalue weighted by atomic mass is 32.2. The fraction of sp³-hybridized carbons (Fsp3) is 0.143. The SMILES string of the molecule is COc1ccc(C)cc1NS(=O)(=O)c1ccc2oc3ccc(S(=O)(=O)Nc4cc(C)ccc4OC)cc3c2c1. The maximum Gasteiger partial charge on any atom is 0.262 e. The lowest BCUT2D eigenvalue weighted by Gasteiger charge is -2.13. The number of furan rings is 1. The molecule has 0 bridgehead atoms. The lowest BCUT2D eigenvalue weighted by Crippen LogP contribution is -2.14. The Balaban J connectivity index is 1.55. The number of nitrogens with one attached hydrogen (secondary N) is 2. The van der Waals surface area contributed by atoms with Gasteiger partial charge in [0.15, 0.2) is 0 Å². The molecule has 39 heavy (non-hydrogen) atoms. The van der Waals surface area contributed by atoms with Crippen LogP contribution in [0, 0.1) is 13.8 Å². The lowest BCUT2D eigenvalue weighted by molar-refractivity contribution is 0.416. The van der Waals surface area contributed by atoms with Crippen molar-refractivity contribution in [1.29, 1.82) is 0 Å². The molecule has 5 aromatic rings. The fourth-order valence-corrected chi connectivity index (χ4v) is 6.45. The van der Waals surface area contributed by atoms with E-state index in [2.05, 4.69) is 9.44 Å². The number of anilines is 2. The topological polar surface area (TPSA) is 124 Å². The second-order valence-electron chi connectivity index (χ2n) is 9.04. The summed E-state index contributed by atoms with van der Waals surface area (Å²) >= 11 is 0. The van der Waals surface area contributed by atoms with E-state index in [1.807, 2.05) is 26.0 Å². The Bertz CT molecular complexity index is 1810. The van der Waals surface area contributed by atoms with Gasteiger partial charge in [0, 0.05) is 10.8 Å². The zero-order chi connectivity index (χ0) is 27.9. The second-order valence-corrected chi connectivity index (χ2v) is 12.4. The van der Waals surface area contributed by atoms with Crippen molar-refractivity contribution in [2.45, 2.75) is 23.6 Å². The molecule has 0 aliphatic carbocycles. The number of rotatable bonds is 8. The van der Waals surface area contributed by atoms with Crippen molar-refractivity contribution in [2.24, 2.45) is 0 Å². The van der Waals surface area contributed by atoms with Crippen molar-refractivity contribution in [3.8, 4) is 11.5 Å². The Morgan fingerprint density at radius 2 is 1.00 bits per heavy atom. The summed E-state index contributed by atoms with van der Waals surface area (Å²) in [5, 5.41) is 0.906. The van der Waals surface area contributed by atoms with E-state index in [-0.39, 0.29) is 9.79 Å². The zero-order valence-corrected chi connectivity index (χ0v) is 23.2. The molecule has 0 saturated heterocycles. The number of aryl methyl sites for hydroxylation is 2. The van der Waals surface area contributed by atoms with E-state index in [1.54, 1.807) is 36.4 Å². The van der Waals surface area contributed by atoms with Crippen molar-refractivity contribution in [2.75, 3.05) is 23.7 Å². The maximum atomic E-state index is 13.3. The van der Waals surface area contributed by atoms with Crippen LogP contribution < -0.4 is 18.9 Å². The maximum absolute atomic E-state index is 13.3. The summed E-state index contributed by atoms with van der Waals surface area (Å²) in [6, 6.07) is 19.2. The molecule has 5 rings (SSSR count). The van der Waals surface area contributed by atoms with Gasteiger partial charge in [-0.1, -0.05) is 12.1 Å². The number of fused-ring (bicyclic) bond motifs is 3. The summed E-state index contributed by atoms with van der Waals surface area (Å²) in [6.45, 7) is 3.69. The van der Waals surface area contributed by atoms with Crippen LogP contribution in [0.2, 0.25) is 0 Å². The molecule has 0 saturated carbocycles. The van der Waals surface area contributed by atoms with Crippen LogP contribution in [0.25, 0.3) is 21.9 Å². The normalized spacial score (nSPS) is 12.0. The molecule has 0 atom stereocenters. The number of hydrogen-bond acceptors (Lipinski definition) is 7. The molecule has 9 nitrogen and oxygen atoms in total. The van der Waals surface area contributed by atoms with E-state index in [0.717, 1.165) is 11.1 Å². The van der Waals surface area contributed by atoms with Gasteiger partial charge in [-0.2, -0.15) is 0 Å². The second kappa shape index (κ2) is 9.83. The Morgan fingerprint density at radius 1 is 0.590 bits per heavy atom. The van der Waals surface area contributed by atoms with Crippen LogP contribution in [0.3, 0.4) is 0 Å². The minimum atomic E-state index is -4.01. The lowest BCUT2D eigenvalue weighted by atomic mass is 10.1. The van der Waals surface area contributed by atoms with Gasteiger partial charge in [0.25, 0.3) is 20.0 Å². The number of hydrogen-bond donors (Lipinski definition) is 2. The van der Waals surface area contributed by atoms with Crippen molar-refractivity contribution < 1.29 is 30.7 Å². The zero-order valence-electron chi connectivity index (χ0n) is 21.6. The molecule has 0 aliphatic heterocycles. The highest BCUT2D eigenvalue weighted by molar-refractivity contribution is 7.93. The van der Waals surface area contributed by atoms with Crippen molar-refractivity contribution in [3.05, 3.63) is 83.9 Å². The minimum absolute atomic E-state index is 0.0165. The van der Waals surface area contributed by atoms with Crippen LogP contribution in [0.15, 0.2) is 87.0 Å². The average Bonchev–Trinajstić information content (AvgIpc) is 3.26. The van der Waals surface area contributed by atoms with Gasteiger partial charge in [-0.05, 0) is 85.6 Å². The molecular weight excluding hydrogens is 540 g/mol. The van der Waals surface area contributed by atoms with Crippen molar-refractivity contribution >= 4 is 53.4 Å². The molecule has 0 unspecified atom stereocenters. The van der Waals surface area contributed by atoms with Gasteiger partial charge < -0.3 is 13.9 Å². The Hall–Kier alpha value is -4.22. The molecule has 0 radical (unpaired) electrons. The predicted octanol–water partition coefficient (Wildman–Crippen LogP) is 5.82. The molecular formula is C28H26N2O7S2. The quantitative estimate of drug-likeness (QED) is 0.242. The molecule has 0 spiro atoms. The first-order valence-corrected chi connectivity index (χ1v) is 14.8. The molecule has 202 valence electrons. The van der Waals surface area contributed by atoms with E-state index in [9.17, 15) is 16.8 Å². The van der Waals surface area contributed by atoms with Crippen LogP contribution in [-0.4, -0.2) is 31.1 Å². The highest BCUT2D eigenvalue weighted by Crippen LogP contribution is 2.35. The van der Waals surface area contributed by atoms with Crippen LogP contribution in [0.1, 0.15) is 11.1 Å². The first-order valence-electron chi connectivity index (χ1n) is 11.8. The van der Waals surface area contributed by atoms with Gasteiger partial charge in [0.2, 0.25) is 0 Å². The van der Waals surface area contributed by atoms with Crippen LogP contribution in [0.4, 0.5) is 11.4 Å². The van der Waals surface area contributed by atoms with Crippen LogP contribution in [-0.2, 0) is 20.0 Å². The molecule has 2 N–H and O–H groups in total. The monoisotopic (exact) mass is 566 g/mol. The van der Waals surface area contributed by atoms with Crippen molar-refractivity contribution in [1.82, 2.24) is 0 Å². The molecule has 1 aromatic heterocycles. The van der Waals surface area contributed by atoms with E-state index in [0.29, 0.717) is 44.8 Å². The standard InChI is InChI=1S/C28H26N2O7S2/c1-17-5-9-27(35-3)23(13-17)29-38(31,32)19-7-11-25-21(15-19)22-16-20(8-12-26(22)37-25)39(33,34)30-24-14-18(2)6-10-28(24)36-4/h5-16,29-30H,1-4H3. The number of ether oxygens (including phenoxy) is 2. The molecule has 11 heteroatoms. The fourth-order valence-electron chi connectivity index (χ4n) is 4.28. The first kappa shape index (κ1) is 26.4. The Kier molecular flexibility index (Phi) is 6.65. The van der Waals surface area contributed by atoms with Crippen LogP contribution >= 0.6 is 0 Å². The Morgan fingerprint density at radius 3 is 1.38 bits per heavy atom. The van der Waals surface area contributed by atoms with Gasteiger partial charge in [-0.3, -0.25) is 9.44 Å². The summed E-state index contributed by atoms with van der Waals surface area (Å²) < 4.78 is 74.7. The largest absolute Gasteiger partial charge is 0.495 e. The third-order valence-electron chi connectivity index (χ3n) is 6.23. The van der Waals surface area contributed by atoms with Gasteiger partial charge in [-0.25, -0.2) is 16.8 Å². The molecule has 0 fully saturated rings. The summed E-state index contributed by atoms with van der Waals surface area (Å²) in [4.78, 5) is -0.0331. The summed E-state index contributed by atoms with van der Waals surface area (Å²) in [7, 11) is -5.10. The predicted molar refractivity (Wildman–Crippen MR) is 151 cm³/mol. The van der Waals surface area contributed by atoms with E-state index >= 15 is 0 Å². The van der Waals surface area contributed by atoms with Crippen molar-refractivity contribution in [3.63, 3.8) is 0 Å². The molecule has 4 aromatic carbocycles. The number of methoxy groups -OCH3 is 2. The Labute approximate surface area is 226 Å². The smallest absolute Gasteiger partial charge is 0.262 e. The molecule has 0 amide bonds. The third-order valence-corrected chi connectivity index (χ3v) is 8.96. The van der Waals surface area contributed by atoms with Gasteiger partial charge in [0.05, 0.1) is 35.4 Å². The highest BCUT2D eigenvalue weighted by Gasteiger charge is 2.22. The third kappa shape index (κ3) is 5.10. The van der Waals surface area contributed by atoms with E-state index < -0.39 is 20.0 Å². The first-order chi connectivity index (χ1) is 18.5. The van der Waals surface area contributed by atoms with Gasteiger partial charge in [-0.15, -0.1) is 0 Å². The minimum Gasteiger partial charge on any atom is -0.495 e. The summed E-state index contributed by atoms with van der Waals surface area (Å²) in [6.07, 6.45) is 0. The van der Waals surface area contributed by atoms with Gasteiger partial charge >= 0.3 is 0 Å². The summed E-state index contributed by atoms with van der Waals surface area (Å²) in [5.74, 6) is 0.762. The average molecular weight is 567 g/mol. The summed E-state index contributed by atoms with van der Waals surface area (Å²) in [5.41, 5.74) is 3.16. The van der Waals surface area contributed by atoms with E-state index in [1.165, 1.54) is 38.5 Å². The van der Waals surface area contributed by atoms with Gasteiger partial charge in [0.1, 0.15) is 22.7 Å². The van der Waals surface area contributed by atoms with E-state index in [4.69, 9.17) is 13.9 Å².